The predicted molar refractivity (Wildman–Crippen MR) is 76.2 cm³/mol. The summed E-state index contributed by atoms with van der Waals surface area (Å²) in [5.41, 5.74) is 9.00. The van der Waals surface area contributed by atoms with E-state index in [1.165, 1.54) is 5.56 Å². The molecule has 0 amide bonds. The van der Waals surface area contributed by atoms with Crippen LogP contribution in [-0.2, 0) is 6.54 Å². The van der Waals surface area contributed by atoms with Crippen LogP contribution in [0.4, 0.5) is 5.95 Å². The lowest BCUT2D eigenvalue weighted by Gasteiger charge is -2.07. The number of methoxy groups -OCH3 is 1. The minimum atomic E-state index is 0.503. The lowest BCUT2D eigenvalue weighted by molar-refractivity contribution is 0.419. The summed E-state index contributed by atoms with van der Waals surface area (Å²) in [6, 6.07) is 16.0. The Kier molecular flexibility index (Phi) is 2.83. The quantitative estimate of drug-likeness (QED) is 0.780. The smallest absolute Gasteiger partial charge is 0.201 e. The van der Waals surface area contributed by atoms with Crippen molar-refractivity contribution in [3.05, 3.63) is 54.1 Å². The molecule has 0 fully saturated rings. The SMILES string of the molecule is COc1cccc2c1nc(N)n2Cc1ccccc1. The summed E-state index contributed by atoms with van der Waals surface area (Å²) in [7, 11) is 1.64. The van der Waals surface area contributed by atoms with E-state index in [0.29, 0.717) is 12.5 Å². The second-order valence-electron chi connectivity index (χ2n) is 4.37. The van der Waals surface area contributed by atoms with Gasteiger partial charge in [-0.1, -0.05) is 36.4 Å². The zero-order chi connectivity index (χ0) is 13.2. The van der Waals surface area contributed by atoms with Gasteiger partial charge in [0.2, 0.25) is 5.95 Å². The molecule has 96 valence electrons. The maximum absolute atomic E-state index is 6.02. The summed E-state index contributed by atoms with van der Waals surface area (Å²) in [5.74, 6) is 1.25. The van der Waals surface area contributed by atoms with Crippen molar-refractivity contribution >= 4 is 17.0 Å². The van der Waals surface area contributed by atoms with Crippen molar-refractivity contribution in [2.24, 2.45) is 0 Å². The molecule has 0 saturated heterocycles. The maximum atomic E-state index is 6.02. The van der Waals surface area contributed by atoms with Crippen molar-refractivity contribution in [3.8, 4) is 5.75 Å². The molecule has 0 aliphatic rings. The van der Waals surface area contributed by atoms with Gasteiger partial charge in [0.1, 0.15) is 11.3 Å². The molecule has 0 spiro atoms. The van der Waals surface area contributed by atoms with Gasteiger partial charge in [-0.15, -0.1) is 0 Å². The van der Waals surface area contributed by atoms with Gasteiger partial charge < -0.3 is 15.0 Å². The zero-order valence-electron chi connectivity index (χ0n) is 10.7. The third-order valence-corrected chi connectivity index (χ3v) is 3.17. The van der Waals surface area contributed by atoms with E-state index in [-0.39, 0.29) is 0 Å². The highest BCUT2D eigenvalue weighted by Crippen LogP contribution is 2.27. The number of benzene rings is 2. The Morgan fingerprint density at radius 2 is 1.89 bits per heavy atom. The number of para-hydroxylation sites is 1. The monoisotopic (exact) mass is 253 g/mol. The van der Waals surface area contributed by atoms with Gasteiger partial charge in [-0.3, -0.25) is 0 Å². The van der Waals surface area contributed by atoms with Gasteiger partial charge in [-0.25, -0.2) is 4.98 Å². The fourth-order valence-electron chi connectivity index (χ4n) is 2.24. The average Bonchev–Trinajstić information content (AvgIpc) is 2.76. The number of fused-ring (bicyclic) bond motifs is 1. The van der Waals surface area contributed by atoms with Gasteiger partial charge >= 0.3 is 0 Å². The molecule has 2 aromatic carbocycles. The summed E-state index contributed by atoms with van der Waals surface area (Å²) in [6.07, 6.45) is 0. The molecular weight excluding hydrogens is 238 g/mol. The molecule has 19 heavy (non-hydrogen) atoms. The van der Waals surface area contributed by atoms with E-state index in [2.05, 4.69) is 17.1 Å². The fourth-order valence-corrected chi connectivity index (χ4v) is 2.24. The Morgan fingerprint density at radius 1 is 1.11 bits per heavy atom. The molecule has 4 heteroatoms. The molecular formula is C15H15N3O. The third-order valence-electron chi connectivity index (χ3n) is 3.17. The van der Waals surface area contributed by atoms with Gasteiger partial charge in [-0.05, 0) is 17.7 Å². The van der Waals surface area contributed by atoms with E-state index < -0.39 is 0 Å². The van der Waals surface area contributed by atoms with E-state index in [1.807, 2.05) is 41.0 Å². The standard InChI is InChI=1S/C15H15N3O/c1-19-13-9-5-8-12-14(13)17-15(16)18(12)10-11-6-3-2-4-7-11/h2-9H,10H2,1H3,(H2,16,17). The first-order chi connectivity index (χ1) is 9.29. The second-order valence-corrected chi connectivity index (χ2v) is 4.37. The minimum Gasteiger partial charge on any atom is -0.494 e. The van der Waals surface area contributed by atoms with Crippen molar-refractivity contribution in [1.82, 2.24) is 9.55 Å². The van der Waals surface area contributed by atoms with Crippen LogP contribution >= 0.6 is 0 Å². The number of rotatable bonds is 3. The van der Waals surface area contributed by atoms with E-state index in [1.54, 1.807) is 7.11 Å². The minimum absolute atomic E-state index is 0.503. The van der Waals surface area contributed by atoms with Gasteiger partial charge in [-0.2, -0.15) is 0 Å². The van der Waals surface area contributed by atoms with Gasteiger partial charge in [0.05, 0.1) is 19.2 Å². The number of imidazole rings is 1. The van der Waals surface area contributed by atoms with Crippen LogP contribution in [0.3, 0.4) is 0 Å². The van der Waals surface area contributed by atoms with Crippen LogP contribution in [0.25, 0.3) is 11.0 Å². The van der Waals surface area contributed by atoms with Gasteiger partial charge in [0.15, 0.2) is 0 Å². The van der Waals surface area contributed by atoms with Crippen LogP contribution in [0.5, 0.6) is 5.75 Å². The van der Waals surface area contributed by atoms with Crippen molar-refractivity contribution in [2.45, 2.75) is 6.54 Å². The predicted octanol–water partition coefficient (Wildman–Crippen LogP) is 2.68. The lowest BCUT2D eigenvalue weighted by Crippen LogP contribution is -2.04. The van der Waals surface area contributed by atoms with E-state index in [9.17, 15) is 0 Å². The number of nitrogen functional groups attached to an aromatic ring is 1. The van der Waals surface area contributed by atoms with E-state index in [4.69, 9.17) is 10.5 Å². The Hall–Kier alpha value is -2.49. The summed E-state index contributed by atoms with van der Waals surface area (Å²) >= 11 is 0. The molecule has 1 heterocycles. The molecule has 3 aromatic rings. The Balaban J connectivity index is 2.11. The summed E-state index contributed by atoms with van der Waals surface area (Å²) in [4.78, 5) is 4.40. The first kappa shape index (κ1) is 11.6. The van der Waals surface area contributed by atoms with E-state index >= 15 is 0 Å². The average molecular weight is 253 g/mol. The van der Waals surface area contributed by atoms with Crippen LogP contribution in [0.1, 0.15) is 5.56 Å². The van der Waals surface area contributed by atoms with Crippen molar-refractivity contribution in [3.63, 3.8) is 0 Å². The molecule has 0 atom stereocenters. The zero-order valence-corrected chi connectivity index (χ0v) is 10.7. The molecule has 0 radical (unpaired) electrons. The van der Waals surface area contributed by atoms with Crippen LogP contribution in [-0.4, -0.2) is 16.7 Å². The molecule has 0 aliphatic carbocycles. The van der Waals surface area contributed by atoms with Crippen LogP contribution in [0, 0.1) is 0 Å². The summed E-state index contributed by atoms with van der Waals surface area (Å²) in [5, 5.41) is 0. The lowest BCUT2D eigenvalue weighted by atomic mass is 10.2. The molecule has 0 saturated carbocycles. The van der Waals surface area contributed by atoms with Crippen molar-refractivity contribution in [2.75, 3.05) is 12.8 Å². The van der Waals surface area contributed by atoms with Crippen molar-refractivity contribution < 1.29 is 4.74 Å². The molecule has 0 bridgehead atoms. The fraction of sp³-hybridized carbons (Fsp3) is 0.133. The Bertz CT molecular complexity index is 704. The normalized spacial score (nSPS) is 10.8. The Morgan fingerprint density at radius 3 is 2.63 bits per heavy atom. The molecule has 0 aliphatic heterocycles. The molecule has 3 rings (SSSR count). The Labute approximate surface area is 111 Å². The van der Waals surface area contributed by atoms with Gasteiger partial charge in [0.25, 0.3) is 0 Å². The molecule has 4 nitrogen and oxygen atoms in total. The van der Waals surface area contributed by atoms with Crippen LogP contribution < -0.4 is 10.5 Å². The van der Waals surface area contributed by atoms with E-state index in [0.717, 1.165) is 16.8 Å². The van der Waals surface area contributed by atoms with Crippen molar-refractivity contribution in [1.29, 1.82) is 0 Å². The summed E-state index contributed by atoms with van der Waals surface area (Å²) in [6.45, 7) is 0.705. The summed E-state index contributed by atoms with van der Waals surface area (Å²) < 4.78 is 7.31. The number of nitrogens with two attached hydrogens (primary N) is 1. The molecule has 1 aromatic heterocycles. The van der Waals surface area contributed by atoms with Crippen LogP contribution in [0.2, 0.25) is 0 Å². The number of aromatic nitrogens is 2. The van der Waals surface area contributed by atoms with Crippen LogP contribution in [0.15, 0.2) is 48.5 Å². The highest BCUT2D eigenvalue weighted by atomic mass is 16.5. The highest BCUT2D eigenvalue weighted by Gasteiger charge is 2.11. The largest absolute Gasteiger partial charge is 0.494 e. The number of nitrogens with zero attached hydrogens (tertiary/aromatic N) is 2. The highest BCUT2D eigenvalue weighted by molar-refractivity contribution is 5.84. The van der Waals surface area contributed by atoms with Gasteiger partial charge in [0, 0.05) is 0 Å². The number of hydrogen-bond donors (Lipinski definition) is 1. The number of ether oxygens (including phenoxy) is 1. The third kappa shape index (κ3) is 2.01. The first-order valence-electron chi connectivity index (χ1n) is 6.12. The number of anilines is 1. The number of hydrogen-bond acceptors (Lipinski definition) is 3. The molecule has 0 unspecified atom stereocenters. The first-order valence-corrected chi connectivity index (χ1v) is 6.12. The maximum Gasteiger partial charge on any atom is 0.201 e. The molecule has 2 N–H and O–H groups in total. The second kappa shape index (κ2) is 4.65. The topological polar surface area (TPSA) is 53.1 Å².